The van der Waals surface area contributed by atoms with Crippen molar-refractivity contribution < 1.29 is 14.3 Å². The van der Waals surface area contributed by atoms with Gasteiger partial charge in [-0.15, -0.1) is 0 Å². The Morgan fingerprint density at radius 1 is 1.22 bits per heavy atom. The Balaban J connectivity index is 2.19. The molecule has 0 aromatic heterocycles. The molecule has 94 valence electrons. The number of ether oxygens (including phenoxy) is 1. The van der Waals surface area contributed by atoms with Crippen LogP contribution in [0.15, 0.2) is 18.2 Å². The first-order valence-corrected chi connectivity index (χ1v) is 6.18. The first-order chi connectivity index (χ1) is 8.63. The van der Waals surface area contributed by atoms with Crippen molar-refractivity contribution in [3.63, 3.8) is 0 Å². The van der Waals surface area contributed by atoms with Gasteiger partial charge in [-0.05, 0) is 31.4 Å². The van der Waals surface area contributed by atoms with Gasteiger partial charge in [0.2, 0.25) is 5.91 Å². The predicted octanol–water partition coefficient (Wildman–Crippen LogP) is 1.31. The van der Waals surface area contributed by atoms with E-state index in [0.29, 0.717) is 31.6 Å². The first kappa shape index (κ1) is 11.4. The molecule has 3 rings (SSSR count). The van der Waals surface area contributed by atoms with Crippen LogP contribution >= 0.6 is 0 Å². The number of benzene rings is 1. The summed E-state index contributed by atoms with van der Waals surface area (Å²) >= 11 is 0. The van der Waals surface area contributed by atoms with Gasteiger partial charge in [0.1, 0.15) is 0 Å². The normalized spacial score (nSPS) is 21.6. The molecule has 0 unspecified atom stereocenters. The van der Waals surface area contributed by atoms with Crippen LogP contribution in [-0.2, 0) is 14.9 Å². The average molecular weight is 245 g/mol. The summed E-state index contributed by atoms with van der Waals surface area (Å²) in [7, 11) is 0. The molecule has 1 fully saturated rings. The Morgan fingerprint density at radius 2 is 1.94 bits per heavy atom. The number of hydrogen-bond donors (Lipinski definition) is 1. The number of rotatable bonds is 0. The van der Waals surface area contributed by atoms with Crippen LogP contribution in [-0.4, -0.2) is 25.0 Å². The second-order valence-electron chi connectivity index (χ2n) is 5.03. The van der Waals surface area contributed by atoms with Gasteiger partial charge >= 0.3 is 0 Å². The van der Waals surface area contributed by atoms with Crippen LogP contribution in [0.2, 0.25) is 0 Å². The number of carbonyl (C=O) groups excluding carboxylic acids is 2. The molecule has 4 heteroatoms. The van der Waals surface area contributed by atoms with Crippen LogP contribution in [0.1, 0.15) is 34.3 Å². The van der Waals surface area contributed by atoms with Gasteiger partial charge in [-0.25, -0.2) is 0 Å². The minimum absolute atomic E-state index is 0.174. The van der Waals surface area contributed by atoms with Gasteiger partial charge in [-0.1, -0.05) is 17.7 Å². The number of amides is 2. The van der Waals surface area contributed by atoms with E-state index in [0.717, 1.165) is 11.1 Å². The zero-order chi connectivity index (χ0) is 12.8. The number of nitrogens with one attached hydrogen (secondary N) is 1. The number of aryl methyl sites for hydroxylation is 1. The maximum absolute atomic E-state index is 12.2. The van der Waals surface area contributed by atoms with E-state index in [1.807, 2.05) is 25.1 Å². The summed E-state index contributed by atoms with van der Waals surface area (Å²) in [5.74, 6) is -0.456. The van der Waals surface area contributed by atoms with Crippen molar-refractivity contribution >= 4 is 11.8 Å². The number of hydrogen-bond acceptors (Lipinski definition) is 3. The van der Waals surface area contributed by atoms with Crippen molar-refractivity contribution in [3.05, 3.63) is 34.9 Å². The van der Waals surface area contributed by atoms with Gasteiger partial charge in [0.15, 0.2) is 0 Å². The highest BCUT2D eigenvalue weighted by atomic mass is 16.5. The molecule has 0 saturated carbocycles. The third kappa shape index (κ3) is 1.49. The van der Waals surface area contributed by atoms with Crippen LogP contribution in [0.3, 0.4) is 0 Å². The smallest absolute Gasteiger partial charge is 0.258 e. The second-order valence-corrected chi connectivity index (χ2v) is 5.03. The van der Waals surface area contributed by atoms with Crippen molar-refractivity contribution in [2.75, 3.05) is 13.2 Å². The second kappa shape index (κ2) is 3.92. The van der Waals surface area contributed by atoms with Crippen LogP contribution in [0.4, 0.5) is 0 Å². The third-order valence-corrected chi connectivity index (χ3v) is 3.94. The van der Waals surface area contributed by atoms with E-state index >= 15 is 0 Å². The highest BCUT2D eigenvalue weighted by Crippen LogP contribution is 2.39. The zero-order valence-electron chi connectivity index (χ0n) is 10.3. The van der Waals surface area contributed by atoms with Gasteiger partial charge in [-0.2, -0.15) is 0 Å². The van der Waals surface area contributed by atoms with Crippen molar-refractivity contribution in [1.82, 2.24) is 5.32 Å². The minimum Gasteiger partial charge on any atom is -0.381 e. The summed E-state index contributed by atoms with van der Waals surface area (Å²) in [6.45, 7) is 3.07. The van der Waals surface area contributed by atoms with Gasteiger partial charge in [0.25, 0.3) is 5.91 Å². The van der Waals surface area contributed by atoms with Gasteiger partial charge < -0.3 is 4.74 Å². The molecule has 2 aliphatic rings. The maximum Gasteiger partial charge on any atom is 0.258 e. The molecule has 2 aliphatic heterocycles. The fourth-order valence-corrected chi connectivity index (χ4v) is 2.89. The Morgan fingerprint density at radius 3 is 2.67 bits per heavy atom. The van der Waals surface area contributed by atoms with E-state index in [4.69, 9.17) is 4.74 Å². The first-order valence-electron chi connectivity index (χ1n) is 6.18. The topological polar surface area (TPSA) is 55.4 Å². The predicted molar refractivity (Wildman–Crippen MR) is 65.4 cm³/mol. The van der Waals surface area contributed by atoms with E-state index in [1.54, 1.807) is 0 Å². The lowest BCUT2D eigenvalue weighted by molar-refractivity contribution is -0.129. The molecule has 1 saturated heterocycles. The van der Waals surface area contributed by atoms with Gasteiger partial charge in [0.05, 0.1) is 5.41 Å². The largest absolute Gasteiger partial charge is 0.381 e. The van der Waals surface area contributed by atoms with Crippen LogP contribution in [0.5, 0.6) is 0 Å². The zero-order valence-corrected chi connectivity index (χ0v) is 10.3. The summed E-state index contributed by atoms with van der Waals surface area (Å²) < 4.78 is 5.35. The molecular formula is C14H15NO3. The van der Waals surface area contributed by atoms with E-state index in [-0.39, 0.29) is 11.8 Å². The third-order valence-electron chi connectivity index (χ3n) is 3.94. The lowest BCUT2D eigenvalue weighted by atomic mass is 9.69. The Labute approximate surface area is 105 Å². The summed E-state index contributed by atoms with van der Waals surface area (Å²) in [6, 6.07) is 5.74. The fourth-order valence-electron chi connectivity index (χ4n) is 2.89. The summed E-state index contributed by atoms with van der Waals surface area (Å²) in [6.07, 6.45) is 1.28. The van der Waals surface area contributed by atoms with E-state index in [2.05, 4.69) is 5.32 Å². The molecule has 1 aromatic carbocycles. The molecule has 1 N–H and O–H groups in total. The maximum atomic E-state index is 12.2. The highest BCUT2D eigenvalue weighted by molar-refractivity contribution is 6.13. The molecule has 0 bridgehead atoms. The molecule has 0 radical (unpaired) electrons. The van der Waals surface area contributed by atoms with Crippen LogP contribution in [0.25, 0.3) is 0 Å². The molecule has 0 aliphatic carbocycles. The summed E-state index contributed by atoms with van der Waals surface area (Å²) in [5.41, 5.74) is 1.96. The Hall–Kier alpha value is -1.68. The highest BCUT2D eigenvalue weighted by Gasteiger charge is 2.47. The SMILES string of the molecule is Cc1ccc2c(c1)C(=O)NC(=O)C21CCOCC1. The molecule has 0 atom stereocenters. The Kier molecular flexibility index (Phi) is 2.48. The molecular weight excluding hydrogens is 230 g/mol. The lowest BCUT2D eigenvalue weighted by Gasteiger charge is -2.39. The fraction of sp³-hybridized carbons (Fsp3) is 0.429. The monoisotopic (exact) mass is 245 g/mol. The molecule has 1 aromatic rings. The minimum atomic E-state index is -0.574. The number of carbonyl (C=O) groups is 2. The Bertz CT molecular complexity index is 530. The van der Waals surface area contributed by atoms with Crippen molar-refractivity contribution in [2.45, 2.75) is 25.2 Å². The lowest BCUT2D eigenvalue weighted by Crippen LogP contribution is -2.54. The van der Waals surface area contributed by atoms with Crippen molar-refractivity contribution in [1.29, 1.82) is 0 Å². The number of fused-ring (bicyclic) bond motifs is 2. The van der Waals surface area contributed by atoms with Crippen molar-refractivity contribution in [2.24, 2.45) is 0 Å². The molecule has 18 heavy (non-hydrogen) atoms. The van der Waals surface area contributed by atoms with Gasteiger partial charge in [-0.3, -0.25) is 14.9 Å². The molecule has 2 heterocycles. The van der Waals surface area contributed by atoms with Crippen molar-refractivity contribution in [3.8, 4) is 0 Å². The van der Waals surface area contributed by atoms with E-state index in [9.17, 15) is 9.59 Å². The van der Waals surface area contributed by atoms with E-state index < -0.39 is 5.41 Å². The summed E-state index contributed by atoms with van der Waals surface area (Å²) in [5, 5.41) is 2.49. The standard InChI is InChI=1S/C14H15NO3/c1-9-2-3-11-10(8-9)12(16)15-13(17)14(11)4-6-18-7-5-14/h2-3,8H,4-7H2,1H3,(H,15,16,17). The average Bonchev–Trinajstić information content (AvgIpc) is 2.38. The number of imide groups is 1. The summed E-state index contributed by atoms with van der Waals surface area (Å²) in [4.78, 5) is 24.2. The quantitative estimate of drug-likeness (QED) is 0.701. The van der Waals surface area contributed by atoms with Crippen LogP contribution in [0, 0.1) is 6.92 Å². The van der Waals surface area contributed by atoms with Gasteiger partial charge in [0, 0.05) is 18.8 Å². The van der Waals surface area contributed by atoms with Crippen LogP contribution < -0.4 is 5.32 Å². The molecule has 2 amide bonds. The molecule has 1 spiro atoms. The van der Waals surface area contributed by atoms with E-state index in [1.165, 1.54) is 0 Å². The molecule has 4 nitrogen and oxygen atoms in total.